The zero-order chi connectivity index (χ0) is 20.9. The minimum Gasteiger partial charge on any atom is -0.355 e. The molecule has 0 unspecified atom stereocenters. The second-order valence-electron chi connectivity index (χ2n) is 7.87. The summed E-state index contributed by atoms with van der Waals surface area (Å²) in [4.78, 5) is 8.51. The molecular weight excluding hydrogens is 530 g/mol. The minimum absolute atomic E-state index is 0. The summed E-state index contributed by atoms with van der Waals surface area (Å²) in [6.07, 6.45) is 0. The van der Waals surface area contributed by atoms with Gasteiger partial charge in [-0.25, -0.2) is 12.8 Å². The van der Waals surface area contributed by atoms with Crippen LogP contribution in [0.25, 0.3) is 0 Å². The normalized spacial score (nSPS) is 16.5. The van der Waals surface area contributed by atoms with Crippen molar-refractivity contribution < 1.29 is 12.8 Å². The average Bonchev–Trinajstić information content (AvgIpc) is 2.62. The highest BCUT2D eigenvalue weighted by molar-refractivity contribution is 14.0. The van der Waals surface area contributed by atoms with Crippen LogP contribution >= 0.6 is 35.6 Å². The molecule has 0 radical (unpaired) electrons. The molecule has 0 amide bonds. The van der Waals surface area contributed by atoms with Crippen molar-refractivity contribution in [3.63, 3.8) is 0 Å². The summed E-state index contributed by atoms with van der Waals surface area (Å²) in [6.45, 7) is 8.83. The third-order valence-corrected chi connectivity index (χ3v) is 7.88. The molecular formula is C19H31ClFIN4O2S. The van der Waals surface area contributed by atoms with Crippen molar-refractivity contribution in [1.29, 1.82) is 0 Å². The van der Waals surface area contributed by atoms with E-state index < -0.39 is 14.6 Å². The van der Waals surface area contributed by atoms with Crippen LogP contribution in [0.1, 0.15) is 26.3 Å². The van der Waals surface area contributed by atoms with E-state index in [-0.39, 0.29) is 35.5 Å². The van der Waals surface area contributed by atoms with Gasteiger partial charge in [0.15, 0.2) is 15.8 Å². The Morgan fingerprint density at radius 1 is 1.24 bits per heavy atom. The molecule has 10 heteroatoms. The number of benzene rings is 1. The highest BCUT2D eigenvalue weighted by Gasteiger charge is 2.28. The molecule has 1 N–H and O–H groups in total. The van der Waals surface area contributed by atoms with Gasteiger partial charge in [-0.3, -0.25) is 9.89 Å². The number of guanidine groups is 1. The standard InChI is InChI=1S/C19H30ClFN4O2S.HI/c1-19(2,3)28(26,27)13-8-23-18(22-4)25-11-9-24(10-12-25)14-15-16(20)6-5-7-17(15)21;/h5-7H,8-14H2,1-4H3,(H,22,23);1H. The van der Waals surface area contributed by atoms with Gasteiger partial charge in [-0.05, 0) is 32.9 Å². The lowest BCUT2D eigenvalue weighted by Gasteiger charge is -2.36. The first kappa shape index (κ1) is 26.4. The van der Waals surface area contributed by atoms with Crippen LogP contribution in [0, 0.1) is 5.82 Å². The number of sulfone groups is 1. The SMILES string of the molecule is CN=C(NCCS(=O)(=O)C(C)(C)C)N1CCN(Cc2c(F)cccc2Cl)CC1.I. The van der Waals surface area contributed by atoms with E-state index in [0.29, 0.717) is 29.6 Å². The van der Waals surface area contributed by atoms with Crippen molar-refractivity contribution >= 4 is 51.4 Å². The second-order valence-corrected chi connectivity index (χ2v) is 11.1. The van der Waals surface area contributed by atoms with Crippen LogP contribution < -0.4 is 5.32 Å². The van der Waals surface area contributed by atoms with Crippen molar-refractivity contribution in [3.05, 3.63) is 34.6 Å². The van der Waals surface area contributed by atoms with Crippen LogP contribution in [0.4, 0.5) is 4.39 Å². The van der Waals surface area contributed by atoms with Crippen LogP contribution in [-0.4, -0.2) is 74.4 Å². The Kier molecular flexibility index (Phi) is 10.1. The Morgan fingerprint density at radius 2 is 1.86 bits per heavy atom. The van der Waals surface area contributed by atoms with Gasteiger partial charge in [-0.1, -0.05) is 17.7 Å². The Bertz CT molecular complexity index is 787. The third-order valence-electron chi connectivity index (χ3n) is 4.91. The Morgan fingerprint density at radius 3 is 2.38 bits per heavy atom. The smallest absolute Gasteiger partial charge is 0.193 e. The molecule has 2 rings (SSSR count). The molecule has 0 aliphatic carbocycles. The average molecular weight is 561 g/mol. The molecule has 0 aromatic heterocycles. The maximum absolute atomic E-state index is 14.0. The Hall–Kier alpha value is -0.650. The largest absolute Gasteiger partial charge is 0.355 e. The number of nitrogens with one attached hydrogen (secondary N) is 1. The number of piperazine rings is 1. The molecule has 29 heavy (non-hydrogen) atoms. The third kappa shape index (κ3) is 7.22. The van der Waals surface area contributed by atoms with E-state index in [1.165, 1.54) is 6.07 Å². The van der Waals surface area contributed by atoms with Crippen molar-refractivity contribution in [2.75, 3.05) is 45.5 Å². The lowest BCUT2D eigenvalue weighted by atomic mass is 10.2. The monoisotopic (exact) mass is 560 g/mol. The molecule has 6 nitrogen and oxygen atoms in total. The number of halogens is 3. The summed E-state index contributed by atoms with van der Waals surface area (Å²) >= 11 is 6.12. The minimum atomic E-state index is -3.18. The van der Waals surface area contributed by atoms with Gasteiger partial charge in [0.1, 0.15) is 5.82 Å². The van der Waals surface area contributed by atoms with Crippen LogP contribution in [0.5, 0.6) is 0 Å². The number of hydrogen-bond acceptors (Lipinski definition) is 4. The lowest BCUT2D eigenvalue weighted by molar-refractivity contribution is 0.171. The number of rotatable bonds is 5. The summed E-state index contributed by atoms with van der Waals surface area (Å²) in [6, 6.07) is 4.73. The maximum atomic E-state index is 14.0. The van der Waals surface area contributed by atoms with Gasteiger partial charge in [-0.2, -0.15) is 0 Å². The summed E-state index contributed by atoms with van der Waals surface area (Å²) < 4.78 is 37.7. The summed E-state index contributed by atoms with van der Waals surface area (Å²) in [5.74, 6) is 0.460. The summed E-state index contributed by atoms with van der Waals surface area (Å²) in [7, 11) is -1.49. The Balaban J connectivity index is 0.00000420. The topological polar surface area (TPSA) is 65.0 Å². The summed E-state index contributed by atoms with van der Waals surface area (Å²) in [5, 5.41) is 3.59. The maximum Gasteiger partial charge on any atom is 0.193 e. The van der Waals surface area contributed by atoms with Crippen LogP contribution in [0.15, 0.2) is 23.2 Å². The Labute approximate surface area is 195 Å². The van der Waals surface area contributed by atoms with Gasteiger partial charge in [0.25, 0.3) is 0 Å². The number of nitrogens with zero attached hydrogens (tertiary/aromatic N) is 3. The van der Waals surface area contributed by atoms with E-state index in [0.717, 1.165) is 26.2 Å². The number of hydrogen-bond donors (Lipinski definition) is 1. The van der Waals surface area contributed by atoms with E-state index in [4.69, 9.17) is 11.6 Å². The van der Waals surface area contributed by atoms with E-state index in [2.05, 4.69) is 20.1 Å². The fourth-order valence-electron chi connectivity index (χ4n) is 2.96. The first-order valence-corrected chi connectivity index (χ1v) is 11.4. The highest BCUT2D eigenvalue weighted by atomic mass is 127. The predicted molar refractivity (Wildman–Crippen MR) is 129 cm³/mol. The first-order chi connectivity index (χ1) is 13.0. The molecule has 1 aliphatic heterocycles. The zero-order valence-electron chi connectivity index (χ0n) is 17.4. The molecule has 0 spiro atoms. The van der Waals surface area contributed by atoms with Gasteiger partial charge in [0, 0.05) is 56.9 Å². The molecule has 0 saturated carbocycles. The number of aliphatic imine (C=N–C) groups is 1. The zero-order valence-corrected chi connectivity index (χ0v) is 21.3. The molecule has 166 valence electrons. The van der Waals surface area contributed by atoms with Gasteiger partial charge in [0.2, 0.25) is 0 Å². The van der Waals surface area contributed by atoms with E-state index >= 15 is 0 Å². The molecule has 1 aromatic carbocycles. The first-order valence-electron chi connectivity index (χ1n) is 9.38. The molecule has 1 saturated heterocycles. The molecule has 1 fully saturated rings. The lowest BCUT2D eigenvalue weighted by Crippen LogP contribution is -2.53. The fourth-order valence-corrected chi connectivity index (χ4v) is 4.17. The van der Waals surface area contributed by atoms with Crippen molar-refractivity contribution in [3.8, 4) is 0 Å². The van der Waals surface area contributed by atoms with E-state index in [1.807, 2.05) is 0 Å². The van der Waals surface area contributed by atoms with E-state index in [1.54, 1.807) is 40.0 Å². The van der Waals surface area contributed by atoms with E-state index in [9.17, 15) is 12.8 Å². The highest BCUT2D eigenvalue weighted by Crippen LogP contribution is 2.21. The van der Waals surface area contributed by atoms with Crippen LogP contribution in [0.2, 0.25) is 5.02 Å². The predicted octanol–water partition coefficient (Wildman–Crippen LogP) is 3.00. The van der Waals surface area contributed by atoms with Gasteiger partial charge >= 0.3 is 0 Å². The quantitative estimate of drug-likeness (QED) is 0.341. The molecule has 1 aromatic rings. The molecule has 1 aliphatic rings. The van der Waals surface area contributed by atoms with Crippen molar-refractivity contribution in [2.24, 2.45) is 4.99 Å². The van der Waals surface area contributed by atoms with Gasteiger partial charge in [0.05, 0.1) is 10.5 Å². The van der Waals surface area contributed by atoms with Crippen LogP contribution in [-0.2, 0) is 16.4 Å². The molecule has 0 atom stereocenters. The molecule has 0 bridgehead atoms. The summed E-state index contributed by atoms with van der Waals surface area (Å²) in [5.41, 5.74) is 0.521. The second kappa shape index (κ2) is 11.1. The fraction of sp³-hybridized carbons (Fsp3) is 0.632. The van der Waals surface area contributed by atoms with Gasteiger partial charge in [-0.15, -0.1) is 24.0 Å². The molecule has 1 heterocycles. The van der Waals surface area contributed by atoms with Crippen LogP contribution in [0.3, 0.4) is 0 Å². The van der Waals surface area contributed by atoms with Crippen molar-refractivity contribution in [2.45, 2.75) is 32.1 Å². The van der Waals surface area contributed by atoms with Gasteiger partial charge < -0.3 is 10.2 Å². The van der Waals surface area contributed by atoms with Crippen molar-refractivity contribution in [1.82, 2.24) is 15.1 Å².